The molecule has 92 valence electrons. The van der Waals surface area contributed by atoms with Crippen molar-refractivity contribution in [2.75, 3.05) is 13.6 Å². The second-order valence-electron chi connectivity index (χ2n) is 3.33. The highest BCUT2D eigenvalue weighted by Crippen LogP contribution is 2.16. The number of hydrogen-bond acceptors (Lipinski definition) is 3. The molecule has 0 atom stereocenters. The van der Waals surface area contributed by atoms with E-state index in [1.54, 1.807) is 0 Å². The Labute approximate surface area is 102 Å². The first kappa shape index (κ1) is 13.4. The van der Waals surface area contributed by atoms with Crippen LogP contribution in [-0.2, 0) is 0 Å². The molecular formula is C10H10ClFN2O3. The van der Waals surface area contributed by atoms with E-state index in [1.807, 2.05) is 0 Å². The van der Waals surface area contributed by atoms with Crippen LogP contribution in [-0.4, -0.2) is 40.5 Å². The molecule has 0 saturated carbocycles. The zero-order valence-electron chi connectivity index (χ0n) is 8.98. The smallest absolute Gasteiger partial charge is 0.407 e. The Kier molecular flexibility index (Phi) is 4.39. The molecule has 5 nitrogen and oxygen atoms in total. The van der Waals surface area contributed by atoms with E-state index in [1.165, 1.54) is 19.3 Å². The van der Waals surface area contributed by atoms with E-state index in [-0.39, 0.29) is 23.7 Å². The van der Waals surface area contributed by atoms with Crippen molar-refractivity contribution in [2.24, 2.45) is 0 Å². The van der Waals surface area contributed by atoms with Crippen LogP contribution < -0.4 is 0 Å². The summed E-state index contributed by atoms with van der Waals surface area (Å²) in [7, 11) is 1.32. The van der Waals surface area contributed by atoms with Crippen LogP contribution in [0.2, 0.25) is 5.02 Å². The largest absolute Gasteiger partial charge is 0.465 e. The fourth-order valence-corrected chi connectivity index (χ4v) is 1.24. The summed E-state index contributed by atoms with van der Waals surface area (Å²) in [5.74, 6) is -1.46. The van der Waals surface area contributed by atoms with Gasteiger partial charge < -0.3 is 10.0 Å². The van der Waals surface area contributed by atoms with Crippen molar-refractivity contribution in [2.45, 2.75) is 6.42 Å². The molecule has 0 aliphatic rings. The fraction of sp³-hybridized carbons (Fsp3) is 0.300. The van der Waals surface area contributed by atoms with Crippen LogP contribution in [0.5, 0.6) is 0 Å². The molecule has 0 bridgehead atoms. The van der Waals surface area contributed by atoms with Gasteiger partial charge >= 0.3 is 6.09 Å². The summed E-state index contributed by atoms with van der Waals surface area (Å²) in [5, 5.41) is 8.38. The van der Waals surface area contributed by atoms with Gasteiger partial charge in [0.05, 0.1) is 5.02 Å². The lowest BCUT2D eigenvalue weighted by Crippen LogP contribution is -2.27. The molecule has 0 aromatic carbocycles. The van der Waals surface area contributed by atoms with Gasteiger partial charge in [-0.15, -0.1) is 0 Å². The number of amides is 1. The summed E-state index contributed by atoms with van der Waals surface area (Å²) in [5.41, 5.74) is -0.365. The number of Topliss-reactive ketones (excluding diaryl/α,β-unsaturated/α-hetero) is 1. The van der Waals surface area contributed by atoms with Crippen LogP contribution in [0.25, 0.3) is 0 Å². The number of carboxylic acid groups (broad SMARTS) is 1. The maximum atomic E-state index is 13.4. The molecule has 0 spiro atoms. The summed E-state index contributed by atoms with van der Waals surface area (Å²) in [6.45, 7) is -0.0260. The molecule has 1 amide bonds. The van der Waals surface area contributed by atoms with Gasteiger partial charge in [-0.1, -0.05) is 11.6 Å². The van der Waals surface area contributed by atoms with Crippen molar-refractivity contribution in [1.29, 1.82) is 0 Å². The molecule has 1 aromatic rings. The Morgan fingerprint density at radius 3 is 2.82 bits per heavy atom. The van der Waals surface area contributed by atoms with Crippen molar-refractivity contribution in [3.05, 3.63) is 28.8 Å². The quantitative estimate of drug-likeness (QED) is 0.841. The van der Waals surface area contributed by atoms with E-state index in [9.17, 15) is 14.0 Å². The minimum atomic E-state index is -1.16. The highest BCUT2D eigenvalue weighted by atomic mass is 35.5. The molecule has 1 aromatic heterocycles. The van der Waals surface area contributed by atoms with E-state index in [2.05, 4.69) is 4.98 Å². The highest BCUT2D eigenvalue weighted by Gasteiger charge is 2.17. The summed E-state index contributed by atoms with van der Waals surface area (Å²) < 4.78 is 13.4. The lowest BCUT2D eigenvalue weighted by atomic mass is 10.2. The van der Waals surface area contributed by atoms with Crippen LogP contribution in [0.4, 0.5) is 9.18 Å². The van der Waals surface area contributed by atoms with Gasteiger partial charge in [0.2, 0.25) is 0 Å². The van der Waals surface area contributed by atoms with Crippen LogP contribution in [0, 0.1) is 5.82 Å². The molecule has 0 aliphatic heterocycles. The van der Waals surface area contributed by atoms with Crippen molar-refractivity contribution in [3.63, 3.8) is 0 Å². The summed E-state index contributed by atoms with van der Waals surface area (Å²) in [4.78, 5) is 26.6. The Balaban J connectivity index is 2.71. The average molecular weight is 261 g/mol. The Morgan fingerprint density at radius 2 is 2.24 bits per heavy atom. The topological polar surface area (TPSA) is 70.5 Å². The number of ketones is 1. The van der Waals surface area contributed by atoms with E-state index in [4.69, 9.17) is 16.7 Å². The minimum Gasteiger partial charge on any atom is -0.465 e. The predicted molar refractivity (Wildman–Crippen MR) is 58.8 cm³/mol. The molecule has 1 heterocycles. The second kappa shape index (κ2) is 5.58. The third kappa shape index (κ3) is 3.39. The van der Waals surface area contributed by atoms with Crippen LogP contribution in [0.3, 0.4) is 0 Å². The summed E-state index contributed by atoms with van der Waals surface area (Å²) in [6.07, 6.45) is -0.0792. The van der Waals surface area contributed by atoms with Crippen molar-refractivity contribution in [3.8, 4) is 0 Å². The molecule has 17 heavy (non-hydrogen) atoms. The molecule has 7 heteroatoms. The number of carbonyl (C=O) groups excluding carboxylic acids is 1. The molecule has 0 saturated heterocycles. The number of aromatic nitrogens is 1. The van der Waals surface area contributed by atoms with Crippen LogP contribution in [0.15, 0.2) is 12.3 Å². The zero-order chi connectivity index (χ0) is 13.0. The van der Waals surface area contributed by atoms with Gasteiger partial charge in [-0.25, -0.2) is 14.2 Å². The van der Waals surface area contributed by atoms with Gasteiger partial charge in [0, 0.05) is 26.2 Å². The third-order valence-electron chi connectivity index (χ3n) is 2.11. The average Bonchev–Trinajstić information content (AvgIpc) is 2.29. The third-order valence-corrected chi connectivity index (χ3v) is 2.40. The van der Waals surface area contributed by atoms with Crippen LogP contribution >= 0.6 is 11.6 Å². The summed E-state index contributed by atoms with van der Waals surface area (Å²) >= 11 is 5.50. The van der Waals surface area contributed by atoms with Gasteiger partial charge in [-0.05, 0) is 6.07 Å². The first-order valence-corrected chi connectivity index (χ1v) is 5.08. The first-order chi connectivity index (χ1) is 7.93. The number of nitrogens with zero attached hydrogens (tertiary/aromatic N) is 2. The van der Waals surface area contributed by atoms with Crippen molar-refractivity contribution >= 4 is 23.5 Å². The maximum absolute atomic E-state index is 13.4. The van der Waals surface area contributed by atoms with Gasteiger partial charge in [-0.3, -0.25) is 4.79 Å². The zero-order valence-corrected chi connectivity index (χ0v) is 9.74. The maximum Gasteiger partial charge on any atom is 0.407 e. The lowest BCUT2D eigenvalue weighted by molar-refractivity contribution is 0.0958. The molecule has 0 unspecified atom stereocenters. The predicted octanol–water partition coefficient (Wildman–Crippen LogP) is 2.06. The lowest BCUT2D eigenvalue weighted by Gasteiger charge is -2.11. The first-order valence-electron chi connectivity index (χ1n) is 4.70. The standard InChI is InChI=1S/C10H10ClFN2O3/c1-14(10(16)17)5-3-7(15)9-8(12)6(11)2-4-13-9/h2,4H,3,5H2,1H3,(H,16,17). The number of rotatable bonds is 4. The molecule has 1 rings (SSSR count). The van der Waals surface area contributed by atoms with Gasteiger partial charge in [-0.2, -0.15) is 0 Å². The monoisotopic (exact) mass is 260 g/mol. The van der Waals surface area contributed by atoms with Crippen molar-refractivity contribution < 1.29 is 19.1 Å². The molecule has 0 radical (unpaired) electrons. The van der Waals surface area contributed by atoms with Gasteiger partial charge in [0.1, 0.15) is 5.69 Å². The number of halogens is 2. The van der Waals surface area contributed by atoms with E-state index in [0.29, 0.717) is 0 Å². The van der Waals surface area contributed by atoms with Crippen LogP contribution in [0.1, 0.15) is 16.9 Å². The minimum absolute atomic E-state index is 0.0260. The fourth-order valence-electron chi connectivity index (χ4n) is 1.10. The number of pyridine rings is 1. The summed E-state index contributed by atoms with van der Waals surface area (Å²) in [6, 6.07) is 1.23. The normalized spacial score (nSPS) is 10.1. The Hall–Kier alpha value is -1.69. The number of hydrogen-bond donors (Lipinski definition) is 1. The molecule has 0 fully saturated rings. The Bertz CT molecular complexity index is 453. The molecule has 0 aliphatic carbocycles. The van der Waals surface area contributed by atoms with E-state index in [0.717, 1.165) is 4.90 Å². The van der Waals surface area contributed by atoms with Gasteiger partial charge in [0.15, 0.2) is 11.6 Å². The molecular weight excluding hydrogens is 251 g/mol. The highest BCUT2D eigenvalue weighted by molar-refractivity contribution is 6.31. The molecule has 1 N–H and O–H groups in total. The number of carbonyl (C=O) groups is 2. The Morgan fingerprint density at radius 1 is 1.59 bits per heavy atom. The SMILES string of the molecule is CN(CCC(=O)c1nccc(Cl)c1F)C(=O)O. The second-order valence-corrected chi connectivity index (χ2v) is 3.74. The van der Waals surface area contributed by atoms with Crippen molar-refractivity contribution in [1.82, 2.24) is 9.88 Å². The van der Waals surface area contributed by atoms with Gasteiger partial charge in [0.25, 0.3) is 0 Å². The van der Waals surface area contributed by atoms with E-state index < -0.39 is 17.7 Å². The van der Waals surface area contributed by atoms with E-state index >= 15 is 0 Å².